The highest BCUT2D eigenvalue weighted by Gasteiger charge is 2.07. The van der Waals surface area contributed by atoms with E-state index in [9.17, 15) is 0 Å². The second-order valence-electron chi connectivity index (χ2n) is 6.02. The molecule has 3 rings (SSSR count). The van der Waals surface area contributed by atoms with Crippen LogP contribution in [0.1, 0.15) is 30.9 Å². The van der Waals surface area contributed by atoms with Crippen LogP contribution < -0.4 is 0 Å². The zero-order valence-electron chi connectivity index (χ0n) is 13.4. The lowest BCUT2D eigenvalue weighted by Gasteiger charge is -2.11. The maximum atomic E-state index is 4.56. The van der Waals surface area contributed by atoms with Crippen molar-refractivity contribution in [3.63, 3.8) is 0 Å². The number of hydrogen-bond donors (Lipinski definition) is 0. The molecule has 1 heterocycles. The molecule has 0 spiro atoms. The summed E-state index contributed by atoms with van der Waals surface area (Å²) < 4.78 is 0. The van der Waals surface area contributed by atoms with Crippen molar-refractivity contribution in [2.24, 2.45) is 0 Å². The Morgan fingerprint density at radius 2 is 1.59 bits per heavy atom. The van der Waals surface area contributed by atoms with Crippen LogP contribution in [0.25, 0.3) is 22.4 Å². The van der Waals surface area contributed by atoms with Gasteiger partial charge in [0.05, 0.1) is 5.69 Å². The average molecular weight is 287 g/mol. The first-order chi connectivity index (χ1) is 10.6. The Morgan fingerprint density at radius 3 is 2.32 bits per heavy atom. The number of rotatable bonds is 3. The van der Waals surface area contributed by atoms with Crippen LogP contribution in [0.15, 0.2) is 66.9 Å². The number of pyridine rings is 1. The smallest absolute Gasteiger partial charge is 0.0705 e. The Labute approximate surface area is 132 Å². The van der Waals surface area contributed by atoms with Gasteiger partial charge in [-0.05, 0) is 53.3 Å². The van der Waals surface area contributed by atoms with Crippen molar-refractivity contribution >= 4 is 0 Å². The first-order valence-corrected chi connectivity index (χ1v) is 7.77. The van der Waals surface area contributed by atoms with Gasteiger partial charge in [-0.2, -0.15) is 0 Å². The fraction of sp³-hybridized carbons (Fsp3) is 0.190. The van der Waals surface area contributed by atoms with Gasteiger partial charge in [-0.25, -0.2) is 0 Å². The molecule has 0 aliphatic heterocycles. The van der Waals surface area contributed by atoms with E-state index in [1.54, 1.807) is 0 Å². The lowest BCUT2D eigenvalue weighted by molar-refractivity contribution is 0.864. The minimum Gasteiger partial charge on any atom is -0.256 e. The van der Waals surface area contributed by atoms with Gasteiger partial charge in [0.1, 0.15) is 0 Å². The highest BCUT2D eigenvalue weighted by atomic mass is 14.7. The van der Waals surface area contributed by atoms with E-state index in [0.29, 0.717) is 5.92 Å². The summed E-state index contributed by atoms with van der Waals surface area (Å²) >= 11 is 0. The van der Waals surface area contributed by atoms with Gasteiger partial charge in [0.15, 0.2) is 0 Å². The van der Waals surface area contributed by atoms with E-state index < -0.39 is 0 Å². The van der Waals surface area contributed by atoms with E-state index in [0.717, 1.165) is 5.69 Å². The molecule has 1 nitrogen and oxygen atoms in total. The molecule has 0 saturated heterocycles. The van der Waals surface area contributed by atoms with Crippen molar-refractivity contribution in [3.05, 3.63) is 78.0 Å². The quantitative estimate of drug-likeness (QED) is 0.589. The first kappa shape index (κ1) is 14.5. The standard InChI is InChI=1S/C21H21N/c1-15(2)18-11-12-22-21(14-18)19-10-9-16(3)20(13-19)17-7-5-4-6-8-17/h4-15H,1-3H3. The molecule has 1 heteroatoms. The summed E-state index contributed by atoms with van der Waals surface area (Å²) in [7, 11) is 0. The summed E-state index contributed by atoms with van der Waals surface area (Å²) in [6.07, 6.45) is 1.91. The predicted octanol–water partition coefficient (Wildman–Crippen LogP) is 5.85. The Morgan fingerprint density at radius 1 is 0.818 bits per heavy atom. The lowest BCUT2D eigenvalue weighted by Crippen LogP contribution is -1.92. The molecule has 1 aromatic heterocycles. The average Bonchev–Trinajstić information content (AvgIpc) is 2.56. The third-order valence-corrected chi connectivity index (χ3v) is 4.07. The van der Waals surface area contributed by atoms with Crippen molar-refractivity contribution in [1.82, 2.24) is 4.98 Å². The molecule has 22 heavy (non-hydrogen) atoms. The van der Waals surface area contributed by atoms with Crippen molar-refractivity contribution < 1.29 is 0 Å². The van der Waals surface area contributed by atoms with Gasteiger partial charge in [0.2, 0.25) is 0 Å². The molecule has 0 amide bonds. The van der Waals surface area contributed by atoms with Gasteiger partial charge in [-0.15, -0.1) is 0 Å². The van der Waals surface area contributed by atoms with E-state index in [1.165, 1.54) is 27.8 Å². The molecule has 0 atom stereocenters. The number of nitrogens with zero attached hydrogens (tertiary/aromatic N) is 1. The van der Waals surface area contributed by atoms with E-state index in [2.05, 4.69) is 86.4 Å². The molecular formula is C21H21N. The van der Waals surface area contributed by atoms with Crippen LogP contribution in [0.5, 0.6) is 0 Å². The lowest BCUT2D eigenvalue weighted by atomic mass is 9.95. The Hall–Kier alpha value is -2.41. The summed E-state index contributed by atoms with van der Waals surface area (Å²) in [5.41, 5.74) is 7.36. The van der Waals surface area contributed by atoms with Crippen molar-refractivity contribution in [3.8, 4) is 22.4 Å². The predicted molar refractivity (Wildman–Crippen MR) is 93.9 cm³/mol. The van der Waals surface area contributed by atoms with Crippen LogP contribution in [-0.4, -0.2) is 4.98 Å². The number of aromatic nitrogens is 1. The molecular weight excluding hydrogens is 266 g/mol. The fourth-order valence-corrected chi connectivity index (χ4v) is 2.67. The van der Waals surface area contributed by atoms with Crippen LogP contribution in [-0.2, 0) is 0 Å². The third kappa shape index (κ3) is 2.94. The highest BCUT2D eigenvalue weighted by molar-refractivity contribution is 5.74. The van der Waals surface area contributed by atoms with Gasteiger partial charge in [0, 0.05) is 11.8 Å². The SMILES string of the molecule is Cc1ccc(-c2cc(C(C)C)ccn2)cc1-c1ccccc1. The number of benzene rings is 2. The maximum absolute atomic E-state index is 4.56. The Kier molecular flexibility index (Phi) is 4.06. The molecule has 0 unspecified atom stereocenters. The van der Waals surface area contributed by atoms with E-state index >= 15 is 0 Å². The van der Waals surface area contributed by atoms with Gasteiger partial charge < -0.3 is 0 Å². The summed E-state index contributed by atoms with van der Waals surface area (Å²) in [5, 5.41) is 0. The minimum absolute atomic E-state index is 0.515. The van der Waals surface area contributed by atoms with E-state index in [-0.39, 0.29) is 0 Å². The van der Waals surface area contributed by atoms with Crippen molar-refractivity contribution in [1.29, 1.82) is 0 Å². The highest BCUT2D eigenvalue weighted by Crippen LogP contribution is 2.29. The largest absolute Gasteiger partial charge is 0.256 e. The number of hydrogen-bond acceptors (Lipinski definition) is 1. The second-order valence-corrected chi connectivity index (χ2v) is 6.02. The Balaban J connectivity index is 2.08. The number of aryl methyl sites for hydroxylation is 1. The van der Waals surface area contributed by atoms with Crippen LogP contribution in [0.3, 0.4) is 0 Å². The monoisotopic (exact) mass is 287 g/mol. The van der Waals surface area contributed by atoms with Gasteiger partial charge in [-0.3, -0.25) is 4.98 Å². The molecule has 110 valence electrons. The molecule has 0 fully saturated rings. The summed E-state index contributed by atoms with van der Waals surface area (Å²) in [5.74, 6) is 0.515. The molecule has 0 N–H and O–H groups in total. The molecule has 0 saturated carbocycles. The molecule has 0 radical (unpaired) electrons. The van der Waals surface area contributed by atoms with Gasteiger partial charge in [0.25, 0.3) is 0 Å². The summed E-state index contributed by atoms with van der Waals surface area (Å²) in [6.45, 7) is 6.58. The first-order valence-electron chi connectivity index (χ1n) is 7.77. The van der Waals surface area contributed by atoms with E-state index in [1.807, 2.05) is 6.20 Å². The van der Waals surface area contributed by atoms with Gasteiger partial charge >= 0.3 is 0 Å². The minimum atomic E-state index is 0.515. The topological polar surface area (TPSA) is 12.9 Å². The zero-order chi connectivity index (χ0) is 15.5. The van der Waals surface area contributed by atoms with Crippen molar-refractivity contribution in [2.45, 2.75) is 26.7 Å². The zero-order valence-corrected chi connectivity index (χ0v) is 13.4. The van der Waals surface area contributed by atoms with Crippen LogP contribution in [0.4, 0.5) is 0 Å². The van der Waals surface area contributed by atoms with Gasteiger partial charge in [-0.1, -0.05) is 56.3 Å². The van der Waals surface area contributed by atoms with E-state index in [4.69, 9.17) is 0 Å². The van der Waals surface area contributed by atoms with Crippen molar-refractivity contribution in [2.75, 3.05) is 0 Å². The maximum Gasteiger partial charge on any atom is 0.0705 e. The molecule has 0 bridgehead atoms. The van der Waals surface area contributed by atoms with Crippen LogP contribution in [0, 0.1) is 6.92 Å². The Bertz CT molecular complexity index is 773. The van der Waals surface area contributed by atoms with Crippen LogP contribution >= 0.6 is 0 Å². The molecule has 0 aliphatic carbocycles. The molecule has 2 aromatic carbocycles. The summed E-state index contributed by atoms with van der Waals surface area (Å²) in [6, 6.07) is 21.4. The second kappa shape index (κ2) is 6.15. The third-order valence-electron chi connectivity index (χ3n) is 4.07. The normalized spacial score (nSPS) is 10.9. The fourth-order valence-electron chi connectivity index (χ4n) is 2.67. The molecule has 3 aromatic rings. The molecule has 0 aliphatic rings. The summed E-state index contributed by atoms with van der Waals surface area (Å²) in [4.78, 5) is 4.56. The van der Waals surface area contributed by atoms with Crippen LogP contribution in [0.2, 0.25) is 0 Å².